The zero-order chi connectivity index (χ0) is 13.2. The molecule has 0 saturated carbocycles. The van der Waals surface area contributed by atoms with E-state index in [4.69, 9.17) is 0 Å². The molecule has 0 N–H and O–H groups in total. The van der Waals surface area contributed by atoms with E-state index in [2.05, 4.69) is 32.6 Å². The Labute approximate surface area is 114 Å². The molecular weight excluding hydrogens is 216 g/mol. The molecule has 18 heavy (non-hydrogen) atoms. The number of hydrogen-bond acceptors (Lipinski definition) is 0. The molecule has 0 aromatic heterocycles. The van der Waals surface area contributed by atoms with Gasteiger partial charge in [0.1, 0.15) is 0 Å². The minimum absolute atomic E-state index is 0.614. The van der Waals surface area contributed by atoms with Crippen LogP contribution in [-0.2, 0) is 0 Å². The maximum atomic E-state index is 3.83. The van der Waals surface area contributed by atoms with Crippen molar-refractivity contribution in [2.75, 3.05) is 0 Å². The first kappa shape index (κ1) is 15.3. The molecule has 0 spiro atoms. The summed E-state index contributed by atoms with van der Waals surface area (Å²) in [7, 11) is 0. The van der Waals surface area contributed by atoms with E-state index in [0.29, 0.717) is 5.92 Å². The topological polar surface area (TPSA) is 0 Å². The molecule has 1 atom stereocenters. The van der Waals surface area contributed by atoms with Crippen LogP contribution in [-0.4, -0.2) is 0 Å². The molecule has 1 unspecified atom stereocenters. The molecule has 0 bridgehead atoms. The summed E-state index contributed by atoms with van der Waals surface area (Å²) >= 11 is 0. The van der Waals surface area contributed by atoms with Crippen LogP contribution in [0.2, 0.25) is 0 Å². The normalized spacial score (nSPS) is 18.7. The van der Waals surface area contributed by atoms with Crippen molar-refractivity contribution >= 4 is 0 Å². The quantitative estimate of drug-likeness (QED) is 0.326. The summed E-state index contributed by atoms with van der Waals surface area (Å²) in [4.78, 5) is 0. The molecular formula is C18H29. The minimum Gasteiger partial charge on any atom is -0.103 e. The van der Waals surface area contributed by atoms with Crippen LogP contribution in [0.1, 0.15) is 71.6 Å². The standard InChI is InChI=1S/C18H29/c1-4-7-9-12-17-14-16(11-6-3)15-18(17)13-10-8-5-2/h6,14,18H,3-5,7-13H2,1-2H3. The van der Waals surface area contributed by atoms with Crippen LogP contribution in [0.5, 0.6) is 0 Å². The van der Waals surface area contributed by atoms with Gasteiger partial charge in [0.15, 0.2) is 0 Å². The molecule has 1 aliphatic rings. The van der Waals surface area contributed by atoms with Crippen LogP contribution in [0.15, 0.2) is 29.9 Å². The summed E-state index contributed by atoms with van der Waals surface area (Å²) in [5.41, 5.74) is 3.01. The lowest BCUT2D eigenvalue weighted by Crippen LogP contribution is -1.99. The van der Waals surface area contributed by atoms with Crippen molar-refractivity contribution in [3.63, 3.8) is 0 Å². The van der Waals surface area contributed by atoms with E-state index in [1.165, 1.54) is 56.9 Å². The first-order valence-electron chi connectivity index (χ1n) is 7.75. The van der Waals surface area contributed by atoms with Crippen molar-refractivity contribution in [2.24, 2.45) is 5.92 Å². The first-order valence-corrected chi connectivity index (χ1v) is 7.75. The van der Waals surface area contributed by atoms with Gasteiger partial charge in [0.2, 0.25) is 0 Å². The van der Waals surface area contributed by atoms with Crippen molar-refractivity contribution in [3.8, 4) is 0 Å². The Morgan fingerprint density at radius 1 is 1.17 bits per heavy atom. The zero-order valence-electron chi connectivity index (χ0n) is 12.3. The SMILES string of the molecule is C=CCC1=[C]C(CCCCC)C(CCCCC)=C1. The van der Waals surface area contributed by atoms with E-state index in [-0.39, 0.29) is 0 Å². The molecule has 0 aromatic carbocycles. The molecule has 0 aliphatic heterocycles. The van der Waals surface area contributed by atoms with Crippen molar-refractivity contribution in [1.82, 2.24) is 0 Å². The lowest BCUT2D eigenvalue weighted by Gasteiger charge is -2.12. The minimum atomic E-state index is 0.614. The average molecular weight is 245 g/mol. The van der Waals surface area contributed by atoms with E-state index in [9.17, 15) is 0 Å². The third-order valence-electron chi connectivity index (χ3n) is 3.70. The van der Waals surface area contributed by atoms with Gasteiger partial charge in [0.05, 0.1) is 0 Å². The van der Waals surface area contributed by atoms with E-state index >= 15 is 0 Å². The highest BCUT2D eigenvalue weighted by Gasteiger charge is 2.18. The number of hydrogen-bond donors (Lipinski definition) is 0. The number of rotatable bonds is 10. The predicted octanol–water partition coefficient (Wildman–Crippen LogP) is 6.01. The largest absolute Gasteiger partial charge is 0.103 e. The fourth-order valence-corrected chi connectivity index (χ4v) is 2.64. The van der Waals surface area contributed by atoms with Crippen LogP contribution in [0.4, 0.5) is 0 Å². The Bertz CT molecular complexity index is 293. The van der Waals surface area contributed by atoms with Gasteiger partial charge in [-0.2, -0.15) is 0 Å². The Balaban J connectivity index is 2.48. The molecule has 0 heteroatoms. The van der Waals surface area contributed by atoms with Crippen LogP contribution in [0.25, 0.3) is 0 Å². The van der Waals surface area contributed by atoms with Gasteiger partial charge in [-0.15, -0.1) is 6.58 Å². The van der Waals surface area contributed by atoms with Crippen LogP contribution >= 0.6 is 0 Å². The molecule has 1 rings (SSSR count). The lowest BCUT2D eigenvalue weighted by atomic mass is 9.92. The maximum absolute atomic E-state index is 3.83. The zero-order valence-corrected chi connectivity index (χ0v) is 12.3. The number of allylic oxidation sites excluding steroid dienone is 5. The summed E-state index contributed by atoms with van der Waals surface area (Å²) in [6.45, 7) is 8.38. The van der Waals surface area contributed by atoms with Crippen molar-refractivity contribution < 1.29 is 0 Å². The third-order valence-corrected chi connectivity index (χ3v) is 3.70. The van der Waals surface area contributed by atoms with Gasteiger partial charge in [-0.05, 0) is 37.3 Å². The maximum Gasteiger partial charge on any atom is 0.00572 e. The second kappa shape index (κ2) is 9.19. The van der Waals surface area contributed by atoms with E-state index in [1.807, 2.05) is 6.08 Å². The van der Waals surface area contributed by atoms with Gasteiger partial charge in [0.25, 0.3) is 0 Å². The summed E-state index contributed by atoms with van der Waals surface area (Å²) in [6, 6.07) is 0. The summed E-state index contributed by atoms with van der Waals surface area (Å²) in [5.74, 6) is 0.614. The average Bonchev–Trinajstić information content (AvgIpc) is 2.73. The Hall–Kier alpha value is -0.780. The van der Waals surface area contributed by atoms with Gasteiger partial charge in [-0.1, -0.05) is 63.7 Å². The van der Waals surface area contributed by atoms with Gasteiger partial charge in [-0.25, -0.2) is 0 Å². The van der Waals surface area contributed by atoms with Crippen molar-refractivity contribution in [3.05, 3.63) is 36.0 Å². The highest BCUT2D eigenvalue weighted by molar-refractivity contribution is 5.33. The van der Waals surface area contributed by atoms with Crippen molar-refractivity contribution in [1.29, 1.82) is 0 Å². The van der Waals surface area contributed by atoms with Crippen LogP contribution in [0, 0.1) is 12.0 Å². The molecule has 1 radical (unpaired) electrons. The second-order valence-corrected chi connectivity index (χ2v) is 5.39. The summed E-state index contributed by atoms with van der Waals surface area (Å²) in [6.07, 6.45) is 19.7. The monoisotopic (exact) mass is 245 g/mol. The Morgan fingerprint density at radius 2 is 1.89 bits per heavy atom. The number of unbranched alkanes of at least 4 members (excludes halogenated alkanes) is 4. The Kier molecular flexibility index (Phi) is 7.80. The second-order valence-electron chi connectivity index (χ2n) is 5.39. The molecule has 0 aromatic rings. The van der Waals surface area contributed by atoms with E-state index in [1.54, 1.807) is 5.57 Å². The molecule has 0 nitrogen and oxygen atoms in total. The van der Waals surface area contributed by atoms with Gasteiger partial charge >= 0.3 is 0 Å². The lowest BCUT2D eigenvalue weighted by molar-refractivity contribution is 0.563. The highest BCUT2D eigenvalue weighted by Crippen LogP contribution is 2.32. The summed E-state index contributed by atoms with van der Waals surface area (Å²) in [5, 5.41) is 0. The third kappa shape index (κ3) is 5.25. The van der Waals surface area contributed by atoms with Gasteiger partial charge < -0.3 is 0 Å². The van der Waals surface area contributed by atoms with Crippen LogP contribution in [0.3, 0.4) is 0 Å². The van der Waals surface area contributed by atoms with Gasteiger partial charge in [0, 0.05) is 5.92 Å². The fraction of sp³-hybridized carbons (Fsp3) is 0.667. The predicted molar refractivity (Wildman–Crippen MR) is 81.4 cm³/mol. The smallest absolute Gasteiger partial charge is 0.00572 e. The summed E-state index contributed by atoms with van der Waals surface area (Å²) < 4.78 is 0. The first-order chi connectivity index (χ1) is 8.81. The molecule has 0 saturated heterocycles. The molecule has 0 heterocycles. The fourth-order valence-electron chi connectivity index (χ4n) is 2.64. The van der Waals surface area contributed by atoms with E-state index < -0.39 is 0 Å². The molecule has 1 aliphatic carbocycles. The van der Waals surface area contributed by atoms with Gasteiger partial charge in [-0.3, -0.25) is 0 Å². The van der Waals surface area contributed by atoms with Crippen LogP contribution < -0.4 is 0 Å². The highest BCUT2D eigenvalue weighted by atomic mass is 14.2. The van der Waals surface area contributed by atoms with Crippen molar-refractivity contribution in [2.45, 2.75) is 71.6 Å². The Morgan fingerprint density at radius 3 is 2.56 bits per heavy atom. The molecule has 101 valence electrons. The molecule has 0 amide bonds. The van der Waals surface area contributed by atoms with E-state index in [0.717, 1.165) is 6.42 Å². The molecule has 0 fully saturated rings.